The maximum atomic E-state index is 12.2. The van der Waals surface area contributed by atoms with E-state index in [-0.39, 0.29) is 5.75 Å². The molecule has 24 heavy (non-hydrogen) atoms. The summed E-state index contributed by atoms with van der Waals surface area (Å²) < 4.78 is 10.6. The van der Waals surface area contributed by atoms with E-state index in [4.69, 9.17) is 20.9 Å². The number of carbonyl (C=O) groups excluding carboxylic acids is 1. The zero-order chi connectivity index (χ0) is 17.1. The van der Waals surface area contributed by atoms with Crippen LogP contribution in [0.5, 0.6) is 5.75 Å². The zero-order valence-electron chi connectivity index (χ0n) is 13.2. The molecule has 0 spiro atoms. The van der Waals surface area contributed by atoms with Gasteiger partial charge in [-0.05, 0) is 30.7 Å². The van der Waals surface area contributed by atoms with E-state index in [2.05, 4.69) is 10.5 Å². The number of aryl methyl sites for hydroxylation is 2. The number of benzene rings is 2. The topological polar surface area (TPSA) is 64.4 Å². The summed E-state index contributed by atoms with van der Waals surface area (Å²) in [6, 6.07) is 14.5. The largest absolute Gasteiger partial charge is 0.417 e. The van der Waals surface area contributed by atoms with Crippen LogP contribution in [-0.4, -0.2) is 11.2 Å². The Kier molecular flexibility index (Phi) is 4.53. The fourth-order valence-corrected chi connectivity index (χ4v) is 2.34. The van der Waals surface area contributed by atoms with E-state index in [1.165, 1.54) is 0 Å². The van der Waals surface area contributed by atoms with Crippen LogP contribution in [0.25, 0.3) is 11.3 Å². The maximum absolute atomic E-state index is 12.2. The van der Waals surface area contributed by atoms with E-state index < -0.39 is 6.09 Å². The van der Waals surface area contributed by atoms with Crippen molar-refractivity contribution >= 4 is 23.4 Å². The van der Waals surface area contributed by atoms with Crippen LogP contribution >= 0.6 is 11.6 Å². The van der Waals surface area contributed by atoms with E-state index in [0.29, 0.717) is 22.2 Å². The molecule has 122 valence electrons. The molecule has 0 aliphatic carbocycles. The van der Waals surface area contributed by atoms with Crippen LogP contribution in [0.3, 0.4) is 0 Å². The Morgan fingerprint density at radius 3 is 2.54 bits per heavy atom. The number of anilines is 1. The molecule has 5 nitrogen and oxygen atoms in total. The fourth-order valence-electron chi connectivity index (χ4n) is 2.22. The van der Waals surface area contributed by atoms with Crippen molar-refractivity contribution in [3.8, 4) is 17.0 Å². The van der Waals surface area contributed by atoms with Crippen LogP contribution in [0.4, 0.5) is 10.5 Å². The minimum atomic E-state index is -0.606. The number of aromatic nitrogens is 1. The van der Waals surface area contributed by atoms with Gasteiger partial charge in [-0.3, -0.25) is 5.32 Å². The van der Waals surface area contributed by atoms with Gasteiger partial charge in [-0.2, -0.15) is 0 Å². The summed E-state index contributed by atoms with van der Waals surface area (Å²) in [6.07, 6.45) is -0.606. The van der Waals surface area contributed by atoms with E-state index in [0.717, 1.165) is 11.1 Å². The number of rotatable bonds is 3. The monoisotopic (exact) mass is 342 g/mol. The Hall–Kier alpha value is -2.79. The quantitative estimate of drug-likeness (QED) is 0.708. The third-order valence-electron chi connectivity index (χ3n) is 3.50. The normalized spacial score (nSPS) is 10.5. The predicted octanol–water partition coefficient (Wildman–Crippen LogP) is 5.22. The van der Waals surface area contributed by atoms with Crippen molar-refractivity contribution < 1.29 is 14.1 Å². The summed E-state index contributed by atoms with van der Waals surface area (Å²) in [4.78, 5) is 12.2. The lowest BCUT2D eigenvalue weighted by Crippen LogP contribution is -2.17. The summed E-state index contributed by atoms with van der Waals surface area (Å²) in [5, 5.41) is 7.29. The average Bonchev–Trinajstić information content (AvgIpc) is 2.91. The van der Waals surface area contributed by atoms with Gasteiger partial charge in [0, 0.05) is 23.2 Å². The Morgan fingerprint density at radius 1 is 1.12 bits per heavy atom. The highest BCUT2D eigenvalue weighted by Gasteiger charge is 2.19. The maximum Gasteiger partial charge on any atom is 0.417 e. The summed E-state index contributed by atoms with van der Waals surface area (Å²) in [5.74, 6) is 0.697. The second-order valence-corrected chi connectivity index (χ2v) is 5.69. The molecule has 1 amide bonds. The van der Waals surface area contributed by atoms with Gasteiger partial charge in [0.05, 0.1) is 0 Å². The van der Waals surface area contributed by atoms with Gasteiger partial charge in [-0.15, -0.1) is 0 Å². The Balaban J connectivity index is 1.83. The highest BCUT2D eigenvalue weighted by atomic mass is 35.5. The van der Waals surface area contributed by atoms with E-state index in [1.807, 2.05) is 25.1 Å². The number of ether oxygens (including phenoxy) is 1. The van der Waals surface area contributed by atoms with Crippen molar-refractivity contribution in [2.24, 2.45) is 0 Å². The van der Waals surface area contributed by atoms with Crippen LogP contribution in [0.2, 0.25) is 5.02 Å². The molecule has 3 rings (SSSR count). The number of halogens is 1. The zero-order valence-corrected chi connectivity index (χ0v) is 13.9. The molecular weight excluding hydrogens is 328 g/mol. The molecule has 6 heteroatoms. The lowest BCUT2D eigenvalue weighted by atomic mass is 10.1. The molecule has 0 saturated carbocycles. The third kappa shape index (κ3) is 3.41. The highest BCUT2D eigenvalue weighted by molar-refractivity contribution is 6.30. The van der Waals surface area contributed by atoms with Gasteiger partial charge in [0.25, 0.3) is 0 Å². The molecule has 1 heterocycles. The van der Waals surface area contributed by atoms with E-state index in [9.17, 15) is 4.79 Å². The molecule has 0 saturated heterocycles. The number of hydrogen-bond donors (Lipinski definition) is 1. The first-order valence-electron chi connectivity index (χ1n) is 7.31. The number of carbonyl (C=O) groups is 1. The lowest BCUT2D eigenvalue weighted by molar-refractivity contribution is 0.214. The highest BCUT2D eigenvalue weighted by Crippen LogP contribution is 2.33. The van der Waals surface area contributed by atoms with Gasteiger partial charge >= 0.3 is 6.09 Å². The summed E-state index contributed by atoms with van der Waals surface area (Å²) in [6.45, 7) is 3.59. The van der Waals surface area contributed by atoms with Crippen molar-refractivity contribution in [3.05, 3.63) is 64.9 Å². The smallest absolute Gasteiger partial charge is 0.404 e. The molecule has 1 N–H and O–H groups in total. The summed E-state index contributed by atoms with van der Waals surface area (Å²) in [5.41, 5.74) is 2.82. The Labute approximate surface area is 144 Å². The number of hydrogen-bond acceptors (Lipinski definition) is 4. The lowest BCUT2D eigenvalue weighted by Gasteiger charge is -2.09. The Morgan fingerprint density at radius 2 is 1.83 bits per heavy atom. The van der Waals surface area contributed by atoms with Crippen molar-refractivity contribution in [1.82, 2.24) is 5.16 Å². The van der Waals surface area contributed by atoms with E-state index >= 15 is 0 Å². The van der Waals surface area contributed by atoms with Crippen molar-refractivity contribution in [1.29, 1.82) is 0 Å². The average molecular weight is 343 g/mol. The van der Waals surface area contributed by atoms with Gasteiger partial charge in [0.2, 0.25) is 5.75 Å². The third-order valence-corrected chi connectivity index (χ3v) is 3.75. The molecule has 2 aromatic carbocycles. The first kappa shape index (κ1) is 16.1. The summed E-state index contributed by atoms with van der Waals surface area (Å²) in [7, 11) is 0. The molecule has 0 aliphatic rings. The molecule has 0 atom stereocenters. The van der Waals surface area contributed by atoms with Gasteiger partial charge in [0.15, 0.2) is 11.5 Å². The van der Waals surface area contributed by atoms with Gasteiger partial charge < -0.3 is 9.26 Å². The fraction of sp³-hybridized carbons (Fsp3) is 0.111. The molecule has 0 aliphatic heterocycles. The number of amides is 1. The second kappa shape index (κ2) is 6.76. The molecule has 0 unspecified atom stereocenters. The summed E-state index contributed by atoms with van der Waals surface area (Å²) >= 11 is 5.89. The van der Waals surface area contributed by atoms with Crippen LogP contribution in [0, 0.1) is 13.8 Å². The van der Waals surface area contributed by atoms with Crippen LogP contribution in [0.1, 0.15) is 11.3 Å². The van der Waals surface area contributed by atoms with Gasteiger partial charge in [0.1, 0.15) is 0 Å². The van der Waals surface area contributed by atoms with Crippen molar-refractivity contribution in [2.45, 2.75) is 13.8 Å². The molecule has 1 aromatic heterocycles. The van der Waals surface area contributed by atoms with Crippen LogP contribution in [-0.2, 0) is 0 Å². The minimum absolute atomic E-state index is 0.281. The predicted molar refractivity (Wildman–Crippen MR) is 92.5 cm³/mol. The molecule has 0 fully saturated rings. The number of nitrogens with one attached hydrogen (secondary N) is 1. The molecule has 3 aromatic rings. The first-order valence-corrected chi connectivity index (χ1v) is 7.69. The number of para-hydroxylation sites is 1. The van der Waals surface area contributed by atoms with E-state index in [1.54, 1.807) is 37.3 Å². The standard InChI is InChI=1S/C18H15ClN2O3/c1-11-5-3-4-6-15(11)20-18(22)23-17-12(2)24-21-16(17)13-7-9-14(19)10-8-13/h3-10H,1-2H3,(H,20,22). The molecular formula is C18H15ClN2O3. The minimum Gasteiger partial charge on any atom is -0.404 e. The molecule has 0 radical (unpaired) electrons. The second-order valence-electron chi connectivity index (χ2n) is 5.25. The van der Waals surface area contributed by atoms with Crippen LogP contribution in [0.15, 0.2) is 53.1 Å². The molecule has 0 bridgehead atoms. The van der Waals surface area contributed by atoms with Crippen molar-refractivity contribution in [2.75, 3.05) is 5.32 Å². The number of nitrogens with zero attached hydrogens (tertiary/aromatic N) is 1. The van der Waals surface area contributed by atoms with Crippen molar-refractivity contribution in [3.63, 3.8) is 0 Å². The van der Waals surface area contributed by atoms with Crippen LogP contribution < -0.4 is 10.1 Å². The van der Waals surface area contributed by atoms with Gasteiger partial charge in [-0.1, -0.05) is 47.1 Å². The van der Waals surface area contributed by atoms with Gasteiger partial charge in [-0.25, -0.2) is 4.79 Å². The first-order chi connectivity index (χ1) is 11.5. The SMILES string of the molecule is Cc1ccccc1NC(=O)Oc1c(-c2ccc(Cl)cc2)noc1C. The Bertz CT molecular complexity index is 872.